The van der Waals surface area contributed by atoms with Gasteiger partial charge in [-0.25, -0.2) is 0 Å². The molecule has 0 rings (SSSR count). The maximum atomic E-state index is 9.44. The molecule has 0 bridgehead atoms. The molecule has 0 aliphatic carbocycles. The zero-order chi connectivity index (χ0) is 11.4. The van der Waals surface area contributed by atoms with Gasteiger partial charge in [0.2, 0.25) is 0 Å². The van der Waals surface area contributed by atoms with E-state index < -0.39 is 0 Å². The van der Waals surface area contributed by atoms with Crippen molar-refractivity contribution in [2.45, 2.75) is 63.8 Å². The summed E-state index contributed by atoms with van der Waals surface area (Å²) in [5.41, 5.74) is 2.30. The number of nitrogens with zero attached hydrogens (tertiary/aromatic N) is 1. The van der Waals surface area contributed by atoms with Gasteiger partial charge in [0.1, 0.15) is 5.78 Å². The third-order valence-corrected chi connectivity index (χ3v) is 0.447. The number of hydrogen-bond donors (Lipinski definition) is 0. The fourth-order valence-corrected chi connectivity index (χ4v) is 0. The third kappa shape index (κ3) is 1640. The molecule has 0 spiro atoms. The Morgan fingerprint density at radius 1 is 0.875 bits per heavy atom. The summed E-state index contributed by atoms with van der Waals surface area (Å²) in [6.07, 6.45) is 0. The minimum atomic E-state index is 0. The second-order valence-corrected chi connectivity index (χ2v) is 3.29. The number of carbonyl (C=O) groups is 1. The molecule has 2 nitrogen and oxygen atoms in total. The molecule has 0 saturated heterocycles. The molecule has 0 N–H and O–H groups in total. The van der Waals surface area contributed by atoms with Gasteiger partial charge in [0.25, 0.3) is 0 Å². The smallest absolute Gasteiger partial charge is 0.126 e. The van der Waals surface area contributed by atoms with Gasteiger partial charge in [0.05, 0.1) is 0 Å². The standard InChI is InChI=1S/C4H9N.C4H8.C3H6O.3CH4/c1-4(2)5-3;1-4(2)3;1-3(2)4;;;/h1-3H3;1H2,2-3H3;1-2H3;3*1H4. The van der Waals surface area contributed by atoms with E-state index in [0.717, 1.165) is 5.71 Å². The van der Waals surface area contributed by atoms with Crippen LogP contribution in [0.1, 0.15) is 63.8 Å². The first kappa shape index (κ1) is 36.3. The molecule has 0 saturated carbocycles. The molecule has 0 aromatic carbocycles. The van der Waals surface area contributed by atoms with Crippen LogP contribution < -0.4 is 0 Å². The van der Waals surface area contributed by atoms with E-state index >= 15 is 0 Å². The number of aliphatic imine (C=N–C) groups is 1. The Kier molecular flexibility index (Phi) is 66.2. The predicted molar refractivity (Wildman–Crippen MR) is 81.7 cm³/mol. The zero-order valence-electron chi connectivity index (χ0n) is 10.1. The van der Waals surface area contributed by atoms with Crippen molar-refractivity contribution in [1.29, 1.82) is 0 Å². The highest BCUT2D eigenvalue weighted by Gasteiger charge is 1.62. The van der Waals surface area contributed by atoms with Gasteiger partial charge in [-0.05, 0) is 41.5 Å². The largest absolute Gasteiger partial charge is 0.300 e. The van der Waals surface area contributed by atoms with Crippen LogP contribution in [0.3, 0.4) is 0 Å². The Morgan fingerprint density at radius 3 is 0.938 bits per heavy atom. The highest BCUT2D eigenvalue weighted by atomic mass is 16.1. The molecule has 2 heteroatoms. The summed E-state index contributed by atoms with van der Waals surface area (Å²) in [4.78, 5) is 13.2. The van der Waals surface area contributed by atoms with E-state index in [1.54, 1.807) is 7.05 Å². The second kappa shape index (κ2) is 29.2. The molecule has 0 aromatic heterocycles. The van der Waals surface area contributed by atoms with Gasteiger partial charge in [0, 0.05) is 12.8 Å². The van der Waals surface area contributed by atoms with E-state index in [1.165, 1.54) is 19.4 Å². The fraction of sp³-hybridized carbons (Fsp3) is 0.714. The molecule has 0 atom stereocenters. The van der Waals surface area contributed by atoms with E-state index in [0.29, 0.717) is 0 Å². The molecule has 0 aliphatic rings. The van der Waals surface area contributed by atoms with Crippen LogP contribution in [-0.4, -0.2) is 18.5 Å². The predicted octanol–water partition coefficient (Wildman–Crippen LogP) is 5.18. The number of carbonyl (C=O) groups excluding carboxylic acids is 1. The SMILES string of the molecule is C.C.C.C=C(C)C.CC(C)=O.CN=C(C)C. The van der Waals surface area contributed by atoms with Crippen LogP contribution in [0.25, 0.3) is 0 Å². The molecule has 0 heterocycles. The van der Waals surface area contributed by atoms with Crippen LogP contribution in [0.4, 0.5) is 0 Å². The van der Waals surface area contributed by atoms with Crippen molar-refractivity contribution in [3.05, 3.63) is 12.2 Å². The molecular weight excluding hydrogens is 198 g/mol. The van der Waals surface area contributed by atoms with Gasteiger partial charge in [-0.3, -0.25) is 4.99 Å². The molecule has 0 unspecified atom stereocenters. The minimum absolute atomic E-state index is 0. The van der Waals surface area contributed by atoms with Crippen molar-refractivity contribution in [3.63, 3.8) is 0 Å². The van der Waals surface area contributed by atoms with Gasteiger partial charge in [-0.15, -0.1) is 6.58 Å². The summed E-state index contributed by atoms with van der Waals surface area (Å²) >= 11 is 0. The molecule has 0 aliphatic heterocycles. The number of allylic oxidation sites excluding steroid dienone is 1. The van der Waals surface area contributed by atoms with Crippen LogP contribution in [0, 0.1) is 0 Å². The van der Waals surface area contributed by atoms with E-state index in [2.05, 4.69) is 11.6 Å². The van der Waals surface area contributed by atoms with E-state index in [1.807, 2.05) is 27.7 Å². The lowest BCUT2D eigenvalue weighted by atomic mass is 10.4. The number of ketones is 1. The maximum Gasteiger partial charge on any atom is 0.126 e. The lowest BCUT2D eigenvalue weighted by Crippen LogP contribution is -1.74. The lowest BCUT2D eigenvalue weighted by Gasteiger charge is -1.74. The van der Waals surface area contributed by atoms with Crippen molar-refractivity contribution in [3.8, 4) is 0 Å². The first-order valence-corrected chi connectivity index (χ1v) is 4.23. The minimum Gasteiger partial charge on any atom is -0.300 e. The first-order valence-electron chi connectivity index (χ1n) is 4.23. The normalized spacial score (nSPS) is 5.44. The van der Waals surface area contributed by atoms with Crippen molar-refractivity contribution in [2.24, 2.45) is 4.99 Å². The van der Waals surface area contributed by atoms with Crippen molar-refractivity contribution in [1.82, 2.24) is 0 Å². The van der Waals surface area contributed by atoms with E-state index in [4.69, 9.17) is 0 Å². The van der Waals surface area contributed by atoms with E-state index in [9.17, 15) is 4.79 Å². The maximum absolute atomic E-state index is 9.44. The van der Waals surface area contributed by atoms with Gasteiger partial charge in [0.15, 0.2) is 0 Å². The molecular formula is C14H35NO. The monoisotopic (exact) mass is 233 g/mol. The summed E-state index contributed by atoms with van der Waals surface area (Å²) in [6, 6.07) is 0. The summed E-state index contributed by atoms with van der Waals surface area (Å²) in [5.74, 6) is 0.167. The summed E-state index contributed by atoms with van der Waals surface area (Å²) < 4.78 is 0. The lowest BCUT2D eigenvalue weighted by molar-refractivity contribution is -0.114. The Morgan fingerprint density at radius 2 is 0.938 bits per heavy atom. The van der Waals surface area contributed by atoms with Crippen LogP contribution in [0.5, 0.6) is 0 Å². The number of hydrogen-bond acceptors (Lipinski definition) is 2. The number of rotatable bonds is 0. The topological polar surface area (TPSA) is 29.4 Å². The average Bonchev–Trinajstić information content (AvgIpc) is 1.84. The van der Waals surface area contributed by atoms with Crippen LogP contribution in [-0.2, 0) is 4.79 Å². The van der Waals surface area contributed by atoms with Gasteiger partial charge in [-0.2, -0.15) is 0 Å². The molecule has 0 radical (unpaired) electrons. The number of Topliss-reactive ketones (excluding diaryl/α,β-unsaturated/α-hetero) is 1. The fourth-order valence-electron chi connectivity index (χ4n) is 0. The third-order valence-electron chi connectivity index (χ3n) is 0.447. The van der Waals surface area contributed by atoms with Gasteiger partial charge < -0.3 is 4.79 Å². The Bertz CT molecular complexity index is 146. The van der Waals surface area contributed by atoms with Crippen LogP contribution in [0.2, 0.25) is 0 Å². The molecule has 0 aromatic rings. The zero-order valence-corrected chi connectivity index (χ0v) is 10.1. The van der Waals surface area contributed by atoms with Gasteiger partial charge in [-0.1, -0.05) is 27.9 Å². The Balaban J connectivity index is -0.0000000216. The molecule has 0 amide bonds. The Hall–Kier alpha value is -0.920. The molecule has 16 heavy (non-hydrogen) atoms. The van der Waals surface area contributed by atoms with E-state index in [-0.39, 0.29) is 28.1 Å². The molecule has 102 valence electrons. The second-order valence-electron chi connectivity index (χ2n) is 3.29. The van der Waals surface area contributed by atoms with Crippen molar-refractivity contribution in [2.75, 3.05) is 7.05 Å². The van der Waals surface area contributed by atoms with Crippen LogP contribution >= 0.6 is 0 Å². The molecule has 0 fully saturated rings. The highest BCUT2D eigenvalue weighted by molar-refractivity contribution is 5.78. The summed E-state index contributed by atoms with van der Waals surface area (Å²) in [7, 11) is 1.79. The van der Waals surface area contributed by atoms with Crippen molar-refractivity contribution < 1.29 is 4.79 Å². The summed E-state index contributed by atoms with van der Waals surface area (Å²) in [5, 5.41) is 0. The quantitative estimate of drug-likeness (QED) is 0.418. The first-order chi connectivity index (χ1) is 5.73. The Labute approximate surface area is 105 Å². The van der Waals surface area contributed by atoms with Gasteiger partial charge >= 0.3 is 0 Å². The highest BCUT2D eigenvalue weighted by Crippen LogP contribution is 1.73. The van der Waals surface area contributed by atoms with Crippen molar-refractivity contribution >= 4 is 11.5 Å². The average molecular weight is 233 g/mol. The summed E-state index contributed by atoms with van der Waals surface area (Å²) in [6.45, 7) is 14.5. The van der Waals surface area contributed by atoms with Crippen LogP contribution in [0.15, 0.2) is 17.1 Å².